The molecule has 1 aromatic carbocycles. The van der Waals surface area contributed by atoms with Gasteiger partial charge in [-0.2, -0.15) is 13.2 Å². The number of carbonyl (C=O) groups excluding carboxylic acids is 1. The highest BCUT2D eigenvalue weighted by Gasteiger charge is 2.49. The largest absolute Gasteiger partial charge is 0.508 e. The second-order valence-electron chi connectivity index (χ2n) is 5.65. The fourth-order valence-electron chi connectivity index (χ4n) is 3.43. The van der Waals surface area contributed by atoms with Crippen molar-refractivity contribution in [3.63, 3.8) is 0 Å². The van der Waals surface area contributed by atoms with Crippen LogP contribution in [-0.2, 0) is 11.2 Å². The van der Waals surface area contributed by atoms with Crippen molar-refractivity contribution in [1.29, 1.82) is 0 Å². The third-order valence-electron chi connectivity index (χ3n) is 4.24. The zero-order chi connectivity index (χ0) is 18.1. The standard InChI is InChI=1S/C14H14F3NO2.BBr3/c15-14(16,17)13(20)18-5-1-2-10-11-7-9(19)4-3-8(11)6-12(10)18;2-1(3)4/h3-4,7,10,12,19H,1-2,5-6H2;/t10-,12+;/m1./s1. The second-order valence-corrected chi connectivity index (χ2v) is 12.1. The summed E-state index contributed by atoms with van der Waals surface area (Å²) in [4.78, 5) is 12.5. The molecule has 10 heteroatoms. The normalized spacial score (nSPS) is 22.2. The number of halogens is 6. The summed E-state index contributed by atoms with van der Waals surface area (Å²) in [6.07, 6.45) is -3.08. The maximum Gasteiger partial charge on any atom is 0.471 e. The molecule has 3 rings (SSSR count). The lowest BCUT2D eigenvalue weighted by Crippen LogP contribution is -2.51. The van der Waals surface area contributed by atoms with Gasteiger partial charge < -0.3 is 10.0 Å². The second kappa shape index (κ2) is 7.99. The maximum atomic E-state index is 12.7. The first-order valence-electron chi connectivity index (χ1n) is 7.23. The molecule has 2 aliphatic rings. The van der Waals surface area contributed by atoms with Crippen molar-refractivity contribution in [3.05, 3.63) is 29.3 Å². The van der Waals surface area contributed by atoms with Gasteiger partial charge in [0.15, 0.2) is 0 Å². The molecule has 1 N–H and O–H groups in total. The molecular formula is C14H14BBr3F3NO2. The molecule has 0 saturated carbocycles. The molecule has 0 radical (unpaired) electrons. The first kappa shape index (κ1) is 20.1. The number of piperidine rings is 1. The summed E-state index contributed by atoms with van der Waals surface area (Å²) in [6, 6.07) is 4.45. The predicted octanol–water partition coefficient (Wildman–Crippen LogP) is 4.74. The zero-order valence-corrected chi connectivity index (χ0v) is 17.1. The molecule has 1 fully saturated rings. The average Bonchev–Trinajstić information content (AvgIpc) is 2.83. The summed E-state index contributed by atoms with van der Waals surface area (Å²) in [5.74, 6) is -1.73. The Morgan fingerprint density at radius 2 is 1.92 bits per heavy atom. The van der Waals surface area contributed by atoms with Crippen molar-refractivity contribution < 1.29 is 23.1 Å². The Balaban J connectivity index is 0.000000471. The van der Waals surface area contributed by atoms with E-state index in [2.05, 4.69) is 47.3 Å². The monoisotopic (exact) mass is 533 g/mol. The molecule has 1 heterocycles. The van der Waals surface area contributed by atoms with E-state index >= 15 is 0 Å². The number of amides is 1. The van der Waals surface area contributed by atoms with Crippen LogP contribution in [0.15, 0.2) is 18.2 Å². The van der Waals surface area contributed by atoms with Crippen LogP contribution < -0.4 is 0 Å². The number of carbonyl (C=O) groups is 1. The highest BCUT2D eigenvalue weighted by Crippen LogP contribution is 2.44. The Morgan fingerprint density at radius 3 is 2.50 bits per heavy atom. The molecule has 0 unspecified atom stereocenters. The van der Waals surface area contributed by atoms with Crippen LogP contribution in [0.2, 0.25) is 0 Å². The van der Waals surface area contributed by atoms with E-state index in [0.717, 1.165) is 22.4 Å². The van der Waals surface area contributed by atoms with Gasteiger partial charge in [0, 0.05) is 18.5 Å². The van der Waals surface area contributed by atoms with E-state index in [0.29, 0.717) is 12.8 Å². The first-order chi connectivity index (χ1) is 11.1. The van der Waals surface area contributed by atoms with Crippen LogP contribution >= 0.6 is 47.3 Å². The number of rotatable bonds is 0. The lowest BCUT2D eigenvalue weighted by atomic mass is 9.88. The molecular weight excluding hydrogens is 522 g/mol. The number of phenolic OH excluding ortho intramolecular Hbond substituents is 1. The highest BCUT2D eigenvalue weighted by molar-refractivity contribution is 9.69. The summed E-state index contributed by atoms with van der Waals surface area (Å²) in [6.45, 7) is 0.152. The van der Waals surface area contributed by atoms with Gasteiger partial charge in [0.25, 0.3) is 0 Å². The summed E-state index contributed by atoms with van der Waals surface area (Å²) in [7, 11) is 0. The zero-order valence-electron chi connectivity index (χ0n) is 12.4. The Bertz CT molecular complexity index is 613. The smallest absolute Gasteiger partial charge is 0.471 e. The number of likely N-dealkylation sites (tertiary alicyclic amines) is 1. The SMILES string of the molecule is BrB(Br)Br.O=C(N1CCC[C@@H]2c3cc(O)ccc3C[C@@H]21)C(F)(F)F. The Labute approximate surface area is 163 Å². The fraction of sp³-hybridized carbons (Fsp3) is 0.500. The number of phenols is 1. The van der Waals surface area contributed by atoms with Crippen LogP contribution in [-0.4, -0.2) is 37.9 Å². The topological polar surface area (TPSA) is 40.5 Å². The van der Waals surface area contributed by atoms with Gasteiger partial charge in [0.05, 0.1) is 0 Å². The van der Waals surface area contributed by atoms with E-state index in [1.54, 1.807) is 12.1 Å². The lowest BCUT2D eigenvalue weighted by Gasteiger charge is -2.38. The molecule has 1 aliphatic heterocycles. The van der Waals surface area contributed by atoms with E-state index in [9.17, 15) is 23.1 Å². The van der Waals surface area contributed by atoms with Gasteiger partial charge in [-0.1, -0.05) is 6.07 Å². The van der Waals surface area contributed by atoms with Crippen LogP contribution in [0.25, 0.3) is 0 Å². The molecule has 132 valence electrons. The van der Waals surface area contributed by atoms with Crippen molar-refractivity contribution in [2.24, 2.45) is 0 Å². The third kappa shape index (κ3) is 4.69. The van der Waals surface area contributed by atoms with Crippen LogP contribution in [0.3, 0.4) is 0 Å². The number of aromatic hydroxyl groups is 1. The molecule has 0 spiro atoms. The Morgan fingerprint density at radius 1 is 1.29 bits per heavy atom. The van der Waals surface area contributed by atoms with Crippen LogP contribution in [0, 0.1) is 0 Å². The van der Waals surface area contributed by atoms with Crippen LogP contribution in [0.5, 0.6) is 5.75 Å². The van der Waals surface area contributed by atoms with E-state index in [1.165, 1.54) is 6.07 Å². The molecule has 0 bridgehead atoms. The minimum atomic E-state index is -4.82. The van der Waals surface area contributed by atoms with Gasteiger partial charge in [0.1, 0.15) is 5.75 Å². The minimum Gasteiger partial charge on any atom is -0.508 e. The van der Waals surface area contributed by atoms with Gasteiger partial charge in [-0.15, -0.1) is 47.3 Å². The fourth-order valence-corrected chi connectivity index (χ4v) is 3.43. The van der Waals surface area contributed by atoms with Crippen molar-refractivity contribution in [3.8, 4) is 5.75 Å². The molecule has 1 saturated heterocycles. The van der Waals surface area contributed by atoms with Crippen LogP contribution in [0.1, 0.15) is 29.9 Å². The maximum absolute atomic E-state index is 12.7. The lowest BCUT2D eigenvalue weighted by molar-refractivity contribution is -0.189. The Hall–Kier alpha value is -0.215. The van der Waals surface area contributed by atoms with E-state index in [1.807, 2.05) is 0 Å². The number of hydrogen-bond acceptors (Lipinski definition) is 2. The van der Waals surface area contributed by atoms with Crippen LogP contribution in [0.4, 0.5) is 13.2 Å². The predicted molar refractivity (Wildman–Crippen MR) is 97.9 cm³/mol. The summed E-state index contributed by atoms with van der Waals surface area (Å²) < 4.78 is 38.2. The average molecular weight is 536 g/mol. The molecule has 24 heavy (non-hydrogen) atoms. The van der Waals surface area contributed by atoms with E-state index < -0.39 is 18.1 Å². The van der Waals surface area contributed by atoms with E-state index in [-0.39, 0.29) is 21.4 Å². The number of alkyl halides is 3. The molecule has 1 aromatic rings. The molecule has 2 atom stereocenters. The van der Waals surface area contributed by atoms with Gasteiger partial charge in [-0.05, 0) is 42.5 Å². The van der Waals surface area contributed by atoms with Crippen molar-refractivity contribution >= 4 is 56.4 Å². The highest BCUT2D eigenvalue weighted by atomic mass is 79.9. The number of benzene rings is 1. The van der Waals surface area contributed by atoms with Crippen molar-refractivity contribution in [2.45, 2.75) is 37.4 Å². The first-order valence-corrected chi connectivity index (χ1v) is 9.97. The number of fused-ring (bicyclic) bond motifs is 3. The number of nitrogens with zero attached hydrogens (tertiary/aromatic N) is 1. The number of hydrogen-bond donors (Lipinski definition) is 1. The third-order valence-corrected chi connectivity index (χ3v) is 4.24. The summed E-state index contributed by atoms with van der Waals surface area (Å²) in [5, 5.41) is 9.53. The molecule has 3 nitrogen and oxygen atoms in total. The van der Waals surface area contributed by atoms with Gasteiger partial charge in [0.2, 0.25) is 0 Å². The molecule has 1 aliphatic carbocycles. The summed E-state index contributed by atoms with van der Waals surface area (Å²) >= 11 is 9.31. The molecule has 0 aromatic heterocycles. The van der Waals surface area contributed by atoms with E-state index in [4.69, 9.17) is 0 Å². The molecule has 1 amide bonds. The van der Waals surface area contributed by atoms with Gasteiger partial charge in [-0.3, -0.25) is 4.79 Å². The van der Waals surface area contributed by atoms with Gasteiger partial charge >= 0.3 is 15.3 Å². The summed E-state index contributed by atoms with van der Waals surface area (Å²) in [5.41, 5.74) is 1.81. The quantitative estimate of drug-likeness (QED) is 0.488. The Kier molecular flexibility index (Phi) is 6.69. The van der Waals surface area contributed by atoms with Gasteiger partial charge in [-0.25, -0.2) is 0 Å². The minimum absolute atomic E-state index is 0.0999. The van der Waals surface area contributed by atoms with Crippen molar-refractivity contribution in [2.75, 3.05) is 6.54 Å². The van der Waals surface area contributed by atoms with Crippen molar-refractivity contribution in [1.82, 2.24) is 4.90 Å².